The Morgan fingerprint density at radius 2 is 1.83 bits per heavy atom. The van der Waals surface area contributed by atoms with Gasteiger partial charge in [0.05, 0.1) is 12.6 Å². The molecule has 5 nitrogen and oxygen atoms in total. The number of oxime groups is 1. The highest BCUT2D eigenvalue weighted by atomic mass is 35.5. The minimum Gasteiger partial charge on any atom is -0.421 e. The Morgan fingerprint density at radius 1 is 1.04 bits per heavy atom. The highest BCUT2D eigenvalue weighted by molar-refractivity contribution is 6.30. The summed E-state index contributed by atoms with van der Waals surface area (Å²) in [5.41, 5.74) is 1.81. The Balaban J connectivity index is 1.48. The highest BCUT2D eigenvalue weighted by Crippen LogP contribution is 2.17. The normalized spacial score (nSPS) is 11.0. The molecule has 2 aromatic carbocycles. The Bertz CT molecular complexity index is 770. The van der Waals surface area contributed by atoms with Crippen molar-refractivity contribution in [3.8, 4) is 11.5 Å². The van der Waals surface area contributed by atoms with Crippen molar-refractivity contribution >= 4 is 17.8 Å². The van der Waals surface area contributed by atoms with Crippen molar-refractivity contribution in [2.75, 3.05) is 6.61 Å². The van der Waals surface area contributed by atoms with Crippen LogP contribution in [0.5, 0.6) is 0 Å². The summed E-state index contributed by atoms with van der Waals surface area (Å²) in [4.78, 5) is 5.20. The van der Waals surface area contributed by atoms with Gasteiger partial charge in [0, 0.05) is 10.6 Å². The predicted octanol–water partition coefficient (Wildman–Crippen LogP) is 3.98. The van der Waals surface area contributed by atoms with Crippen LogP contribution in [0.15, 0.2) is 64.2 Å². The third-order valence-electron chi connectivity index (χ3n) is 3.04. The lowest BCUT2D eigenvalue weighted by molar-refractivity contribution is 0.144. The zero-order chi connectivity index (χ0) is 15.9. The van der Waals surface area contributed by atoms with Crippen molar-refractivity contribution in [1.29, 1.82) is 0 Å². The lowest BCUT2D eigenvalue weighted by atomic mass is 10.2. The van der Waals surface area contributed by atoms with E-state index in [1.54, 1.807) is 18.3 Å². The minimum atomic E-state index is 0.362. The van der Waals surface area contributed by atoms with Crippen LogP contribution in [-0.2, 0) is 11.3 Å². The summed E-state index contributed by atoms with van der Waals surface area (Å²) in [5.74, 6) is 1.02. The number of benzene rings is 2. The number of nitrogens with zero attached hydrogens (tertiary/aromatic N) is 3. The fraction of sp³-hybridized carbons (Fsp3) is 0.118. The smallest absolute Gasteiger partial charge is 0.247 e. The molecule has 3 rings (SSSR count). The zero-order valence-corrected chi connectivity index (χ0v) is 13.0. The number of rotatable bonds is 6. The Labute approximate surface area is 138 Å². The standard InChI is InChI=1S/C17H14ClN3O2/c18-15-8-6-13(7-9-15)12-19-22-11-10-16-20-21-17(23-16)14-4-2-1-3-5-14/h1-9,12H,10-11H2/b19-12+. The van der Waals surface area contributed by atoms with Crippen LogP contribution in [0.25, 0.3) is 11.5 Å². The summed E-state index contributed by atoms with van der Waals surface area (Å²) in [6.45, 7) is 0.362. The summed E-state index contributed by atoms with van der Waals surface area (Å²) < 4.78 is 5.58. The molecule has 3 aromatic rings. The Kier molecular flexibility index (Phi) is 5.01. The molecule has 0 aliphatic rings. The molecule has 0 N–H and O–H groups in total. The summed E-state index contributed by atoms with van der Waals surface area (Å²) >= 11 is 5.81. The number of aromatic nitrogens is 2. The van der Waals surface area contributed by atoms with Crippen LogP contribution >= 0.6 is 11.6 Å². The molecule has 23 heavy (non-hydrogen) atoms. The first-order valence-electron chi connectivity index (χ1n) is 7.10. The number of halogens is 1. The van der Waals surface area contributed by atoms with E-state index in [-0.39, 0.29) is 0 Å². The average molecular weight is 328 g/mol. The van der Waals surface area contributed by atoms with Crippen LogP contribution in [0.3, 0.4) is 0 Å². The maximum absolute atomic E-state index is 5.81. The molecule has 6 heteroatoms. The van der Waals surface area contributed by atoms with Crippen molar-refractivity contribution in [3.63, 3.8) is 0 Å². The topological polar surface area (TPSA) is 60.5 Å². The van der Waals surface area contributed by atoms with Crippen LogP contribution in [0.2, 0.25) is 5.02 Å². The van der Waals surface area contributed by atoms with Crippen molar-refractivity contribution in [3.05, 3.63) is 71.1 Å². The highest BCUT2D eigenvalue weighted by Gasteiger charge is 2.07. The van der Waals surface area contributed by atoms with Gasteiger partial charge in [-0.2, -0.15) is 0 Å². The van der Waals surface area contributed by atoms with Crippen LogP contribution in [0, 0.1) is 0 Å². The molecule has 0 amide bonds. The molecule has 116 valence electrons. The van der Waals surface area contributed by atoms with Gasteiger partial charge in [-0.25, -0.2) is 0 Å². The van der Waals surface area contributed by atoms with Crippen LogP contribution < -0.4 is 0 Å². The van der Waals surface area contributed by atoms with Gasteiger partial charge in [0.1, 0.15) is 6.61 Å². The first-order valence-corrected chi connectivity index (χ1v) is 7.48. The first-order chi connectivity index (χ1) is 11.3. The van der Waals surface area contributed by atoms with Crippen molar-refractivity contribution in [1.82, 2.24) is 10.2 Å². The fourth-order valence-electron chi connectivity index (χ4n) is 1.88. The van der Waals surface area contributed by atoms with E-state index in [2.05, 4.69) is 15.4 Å². The fourth-order valence-corrected chi connectivity index (χ4v) is 2.01. The summed E-state index contributed by atoms with van der Waals surface area (Å²) in [6.07, 6.45) is 2.12. The molecule has 0 saturated carbocycles. The van der Waals surface area contributed by atoms with Gasteiger partial charge in [-0.3, -0.25) is 0 Å². The van der Waals surface area contributed by atoms with Gasteiger partial charge in [-0.05, 0) is 29.8 Å². The summed E-state index contributed by atoms with van der Waals surface area (Å²) in [6, 6.07) is 16.9. The quantitative estimate of drug-likeness (QED) is 0.390. The van der Waals surface area contributed by atoms with E-state index in [1.165, 1.54) is 0 Å². The minimum absolute atomic E-state index is 0.362. The first kappa shape index (κ1) is 15.2. The molecule has 0 radical (unpaired) electrons. The van der Waals surface area contributed by atoms with E-state index in [0.717, 1.165) is 11.1 Å². The third kappa shape index (κ3) is 4.40. The van der Waals surface area contributed by atoms with Crippen molar-refractivity contribution in [2.45, 2.75) is 6.42 Å². The van der Waals surface area contributed by atoms with Gasteiger partial charge >= 0.3 is 0 Å². The lowest BCUT2D eigenvalue weighted by Gasteiger charge is -1.96. The van der Waals surface area contributed by atoms with Gasteiger partial charge in [0.25, 0.3) is 0 Å². The molecule has 0 unspecified atom stereocenters. The molecule has 1 aromatic heterocycles. The molecule has 0 saturated heterocycles. The second kappa shape index (κ2) is 7.56. The van der Waals surface area contributed by atoms with Crippen LogP contribution in [0.4, 0.5) is 0 Å². The predicted molar refractivity (Wildman–Crippen MR) is 88.4 cm³/mol. The van der Waals surface area contributed by atoms with E-state index in [9.17, 15) is 0 Å². The molecule has 0 spiro atoms. The number of hydrogen-bond donors (Lipinski definition) is 0. The molecular weight excluding hydrogens is 314 g/mol. The van der Waals surface area contributed by atoms with Gasteiger partial charge in [-0.15, -0.1) is 10.2 Å². The van der Waals surface area contributed by atoms with E-state index >= 15 is 0 Å². The number of hydrogen-bond acceptors (Lipinski definition) is 5. The summed E-state index contributed by atoms with van der Waals surface area (Å²) in [5, 5.41) is 12.6. The van der Waals surface area contributed by atoms with E-state index in [4.69, 9.17) is 20.9 Å². The maximum Gasteiger partial charge on any atom is 0.247 e. The Morgan fingerprint density at radius 3 is 2.61 bits per heavy atom. The Hall–Kier alpha value is -2.66. The molecule has 0 fully saturated rings. The average Bonchev–Trinajstić information content (AvgIpc) is 3.06. The van der Waals surface area contributed by atoms with Gasteiger partial charge in [0.15, 0.2) is 0 Å². The molecule has 0 atom stereocenters. The monoisotopic (exact) mass is 327 g/mol. The third-order valence-corrected chi connectivity index (χ3v) is 3.29. The van der Waals surface area contributed by atoms with Crippen LogP contribution in [-0.4, -0.2) is 23.0 Å². The van der Waals surface area contributed by atoms with E-state index in [0.29, 0.717) is 29.8 Å². The maximum atomic E-state index is 5.81. The van der Waals surface area contributed by atoms with Gasteiger partial charge in [-0.1, -0.05) is 47.1 Å². The van der Waals surface area contributed by atoms with Crippen molar-refractivity contribution < 1.29 is 9.25 Å². The second-order valence-corrected chi connectivity index (χ2v) is 5.17. The van der Waals surface area contributed by atoms with E-state index < -0.39 is 0 Å². The molecular formula is C17H14ClN3O2. The second-order valence-electron chi connectivity index (χ2n) is 4.74. The van der Waals surface area contributed by atoms with Gasteiger partial charge < -0.3 is 9.25 Å². The molecule has 0 aliphatic carbocycles. The lowest BCUT2D eigenvalue weighted by Crippen LogP contribution is -1.95. The van der Waals surface area contributed by atoms with Crippen LogP contribution in [0.1, 0.15) is 11.5 Å². The SMILES string of the molecule is Clc1ccc(/C=N/OCCc2nnc(-c3ccccc3)o2)cc1. The summed E-state index contributed by atoms with van der Waals surface area (Å²) in [7, 11) is 0. The van der Waals surface area contributed by atoms with Crippen molar-refractivity contribution in [2.24, 2.45) is 5.16 Å². The molecule has 0 aliphatic heterocycles. The largest absolute Gasteiger partial charge is 0.421 e. The van der Waals surface area contributed by atoms with E-state index in [1.807, 2.05) is 42.5 Å². The molecule has 0 bridgehead atoms. The van der Waals surface area contributed by atoms with Gasteiger partial charge in [0.2, 0.25) is 11.8 Å². The molecule has 1 heterocycles. The zero-order valence-electron chi connectivity index (χ0n) is 12.2.